The van der Waals surface area contributed by atoms with Gasteiger partial charge in [0.05, 0.1) is 0 Å². The maximum absolute atomic E-state index is 9.27. The van der Waals surface area contributed by atoms with E-state index in [1.807, 2.05) is 0 Å². The van der Waals surface area contributed by atoms with E-state index in [-0.39, 0.29) is 12.4 Å². The van der Waals surface area contributed by atoms with Crippen LogP contribution < -0.4 is 0 Å². The SMILES string of the molecule is Cc1c(O)cccc1C#CCO. The number of phenols is 1. The van der Waals surface area contributed by atoms with Crippen molar-refractivity contribution >= 4 is 0 Å². The molecular weight excluding hydrogens is 152 g/mol. The molecule has 0 bridgehead atoms. The molecule has 0 aliphatic heterocycles. The normalized spacial score (nSPS) is 8.83. The Hall–Kier alpha value is -1.46. The van der Waals surface area contributed by atoms with Crippen LogP contribution in [0.3, 0.4) is 0 Å². The number of aliphatic hydroxyl groups excluding tert-OH is 1. The van der Waals surface area contributed by atoms with Crippen molar-refractivity contribution in [1.29, 1.82) is 0 Å². The number of hydrogen-bond donors (Lipinski definition) is 2. The molecule has 0 radical (unpaired) electrons. The van der Waals surface area contributed by atoms with Crippen LogP contribution in [0.15, 0.2) is 18.2 Å². The van der Waals surface area contributed by atoms with Gasteiger partial charge in [0.25, 0.3) is 0 Å². The quantitative estimate of drug-likeness (QED) is 0.560. The minimum atomic E-state index is -0.158. The molecule has 0 atom stereocenters. The molecule has 2 N–H and O–H groups in total. The molecule has 12 heavy (non-hydrogen) atoms. The van der Waals surface area contributed by atoms with Gasteiger partial charge in [-0.3, -0.25) is 0 Å². The number of benzene rings is 1. The largest absolute Gasteiger partial charge is 0.508 e. The summed E-state index contributed by atoms with van der Waals surface area (Å²) in [5.74, 6) is 5.51. The summed E-state index contributed by atoms with van der Waals surface area (Å²) < 4.78 is 0. The Kier molecular flexibility index (Phi) is 2.73. The fraction of sp³-hybridized carbons (Fsp3) is 0.200. The van der Waals surface area contributed by atoms with E-state index in [1.165, 1.54) is 0 Å². The lowest BCUT2D eigenvalue weighted by Gasteiger charge is -1.99. The third-order valence-electron chi connectivity index (χ3n) is 1.61. The molecule has 0 unspecified atom stereocenters. The van der Waals surface area contributed by atoms with Crippen molar-refractivity contribution in [2.24, 2.45) is 0 Å². The minimum absolute atomic E-state index is 0.158. The molecular formula is C10H10O2. The van der Waals surface area contributed by atoms with Gasteiger partial charge in [-0.2, -0.15) is 0 Å². The van der Waals surface area contributed by atoms with E-state index in [2.05, 4.69) is 11.8 Å². The summed E-state index contributed by atoms with van der Waals surface area (Å²) in [6, 6.07) is 5.14. The van der Waals surface area contributed by atoms with Crippen molar-refractivity contribution < 1.29 is 10.2 Å². The molecule has 62 valence electrons. The molecule has 2 nitrogen and oxygen atoms in total. The van der Waals surface area contributed by atoms with Crippen LogP contribution >= 0.6 is 0 Å². The van der Waals surface area contributed by atoms with Crippen LogP contribution in [0.2, 0.25) is 0 Å². The van der Waals surface area contributed by atoms with Crippen molar-refractivity contribution in [2.75, 3.05) is 6.61 Å². The second kappa shape index (κ2) is 3.80. The molecule has 0 aromatic heterocycles. The molecule has 1 aromatic rings. The van der Waals surface area contributed by atoms with Crippen molar-refractivity contribution in [2.45, 2.75) is 6.92 Å². The second-order valence-corrected chi connectivity index (χ2v) is 2.41. The summed E-state index contributed by atoms with van der Waals surface area (Å²) in [6.45, 7) is 1.63. The van der Waals surface area contributed by atoms with Crippen LogP contribution in [0.1, 0.15) is 11.1 Å². The molecule has 0 amide bonds. The van der Waals surface area contributed by atoms with E-state index in [9.17, 15) is 5.11 Å². The Bertz CT molecular complexity index is 331. The number of aliphatic hydroxyl groups is 1. The zero-order valence-electron chi connectivity index (χ0n) is 6.83. The maximum atomic E-state index is 9.27. The summed E-state index contributed by atoms with van der Waals surface area (Å²) in [7, 11) is 0. The predicted octanol–water partition coefficient (Wildman–Crippen LogP) is 1.04. The van der Waals surface area contributed by atoms with E-state index in [4.69, 9.17) is 5.11 Å². The lowest BCUT2D eigenvalue weighted by atomic mass is 10.1. The molecule has 0 aliphatic rings. The van der Waals surface area contributed by atoms with E-state index in [1.54, 1.807) is 25.1 Å². The van der Waals surface area contributed by atoms with Gasteiger partial charge in [0.15, 0.2) is 0 Å². The van der Waals surface area contributed by atoms with Crippen LogP contribution in [0.25, 0.3) is 0 Å². The Labute approximate surface area is 71.5 Å². The molecule has 2 heteroatoms. The Morgan fingerprint density at radius 3 is 2.83 bits per heavy atom. The van der Waals surface area contributed by atoms with E-state index in [0.717, 1.165) is 11.1 Å². The highest BCUT2D eigenvalue weighted by Gasteiger charge is 1.97. The number of hydrogen-bond acceptors (Lipinski definition) is 2. The van der Waals surface area contributed by atoms with E-state index >= 15 is 0 Å². The number of aromatic hydroxyl groups is 1. The highest BCUT2D eigenvalue weighted by atomic mass is 16.3. The first-order valence-corrected chi connectivity index (χ1v) is 3.64. The van der Waals surface area contributed by atoms with E-state index < -0.39 is 0 Å². The first-order valence-electron chi connectivity index (χ1n) is 3.64. The second-order valence-electron chi connectivity index (χ2n) is 2.41. The maximum Gasteiger partial charge on any atom is 0.119 e. The zero-order chi connectivity index (χ0) is 8.97. The monoisotopic (exact) mass is 162 g/mol. The van der Waals surface area contributed by atoms with Gasteiger partial charge in [-0.05, 0) is 19.1 Å². The van der Waals surface area contributed by atoms with Gasteiger partial charge in [-0.15, -0.1) is 0 Å². The van der Waals surface area contributed by atoms with Gasteiger partial charge >= 0.3 is 0 Å². The summed E-state index contributed by atoms with van der Waals surface area (Å²) >= 11 is 0. The van der Waals surface area contributed by atoms with Crippen molar-refractivity contribution in [3.05, 3.63) is 29.3 Å². The number of rotatable bonds is 0. The number of phenolic OH excluding ortho intramolecular Hbond substituents is 1. The Morgan fingerprint density at radius 1 is 1.42 bits per heavy atom. The molecule has 0 fully saturated rings. The highest BCUT2D eigenvalue weighted by molar-refractivity contribution is 5.47. The van der Waals surface area contributed by atoms with Crippen LogP contribution in [-0.2, 0) is 0 Å². The first-order chi connectivity index (χ1) is 5.75. The van der Waals surface area contributed by atoms with Gasteiger partial charge in [0.2, 0.25) is 0 Å². The van der Waals surface area contributed by atoms with Crippen LogP contribution in [-0.4, -0.2) is 16.8 Å². The molecule has 1 aromatic carbocycles. The molecule has 0 spiro atoms. The standard InChI is InChI=1S/C10H10O2/c1-8-9(5-3-7-11)4-2-6-10(8)12/h2,4,6,11-12H,7H2,1H3. The summed E-state index contributed by atoms with van der Waals surface area (Å²) in [5.41, 5.74) is 1.50. The fourth-order valence-corrected chi connectivity index (χ4v) is 0.894. The molecule has 0 aliphatic carbocycles. The third kappa shape index (κ3) is 1.77. The average Bonchev–Trinajstić information content (AvgIpc) is 2.08. The van der Waals surface area contributed by atoms with Crippen molar-refractivity contribution in [3.8, 4) is 17.6 Å². The highest BCUT2D eigenvalue weighted by Crippen LogP contribution is 2.18. The Balaban J connectivity index is 3.08. The predicted molar refractivity (Wildman–Crippen MR) is 46.8 cm³/mol. The molecule has 1 rings (SSSR count). The minimum Gasteiger partial charge on any atom is -0.508 e. The van der Waals surface area contributed by atoms with Gasteiger partial charge in [0.1, 0.15) is 12.4 Å². The lowest BCUT2D eigenvalue weighted by Crippen LogP contribution is -1.82. The van der Waals surface area contributed by atoms with Crippen LogP contribution in [0, 0.1) is 18.8 Å². The van der Waals surface area contributed by atoms with Gasteiger partial charge < -0.3 is 10.2 Å². The summed E-state index contributed by atoms with van der Waals surface area (Å²) in [4.78, 5) is 0. The third-order valence-corrected chi connectivity index (χ3v) is 1.61. The first kappa shape index (κ1) is 8.63. The Morgan fingerprint density at radius 2 is 2.17 bits per heavy atom. The van der Waals surface area contributed by atoms with Crippen molar-refractivity contribution in [3.63, 3.8) is 0 Å². The smallest absolute Gasteiger partial charge is 0.119 e. The fourth-order valence-electron chi connectivity index (χ4n) is 0.894. The van der Waals surface area contributed by atoms with Crippen LogP contribution in [0.4, 0.5) is 0 Å². The zero-order valence-corrected chi connectivity index (χ0v) is 6.83. The van der Waals surface area contributed by atoms with Gasteiger partial charge in [-0.25, -0.2) is 0 Å². The lowest BCUT2D eigenvalue weighted by molar-refractivity contribution is 0.350. The average molecular weight is 162 g/mol. The van der Waals surface area contributed by atoms with Crippen LogP contribution in [0.5, 0.6) is 5.75 Å². The van der Waals surface area contributed by atoms with E-state index in [0.29, 0.717) is 0 Å². The molecule has 0 saturated carbocycles. The van der Waals surface area contributed by atoms with Gasteiger partial charge in [0, 0.05) is 11.1 Å². The summed E-state index contributed by atoms with van der Waals surface area (Å²) in [6.07, 6.45) is 0. The van der Waals surface area contributed by atoms with Gasteiger partial charge in [-0.1, -0.05) is 17.9 Å². The summed E-state index contributed by atoms with van der Waals surface area (Å²) in [5, 5.41) is 17.7. The topological polar surface area (TPSA) is 40.5 Å². The van der Waals surface area contributed by atoms with Crippen molar-refractivity contribution in [1.82, 2.24) is 0 Å². The molecule has 0 saturated heterocycles. The molecule has 0 heterocycles.